The third-order valence-corrected chi connectivity index (χ3v) is 3.17. The van der Waals surface area contributed by atoms with Crippen LogP contribution in [0.1, 0.15) is 13.8 Å². The van der Waals surface area contributed by atoms with Crippen molar-refractivity contribution >= 4 is 14.7 Å². The highest BCUT2D eigenvalue weighted by molar-refractivity contribution is 6.58. The van der Waals surface area contributed by atoms with Crippen molar-refractivity contribution in [3.05, 3.63) is 42.1 Å². The Bertz CT molecular complexity index is 236. The zero-order valence-electron chi connectivity index (χ0n) is 7.83. The predicted octanol–water partition coefficient (Wildman–Crippen LogP) is 1.65. The van der Waals surface area contributed by atoms with E-state index in [1.165, 1.54) is 5.19 Å². The fourth-order valence-electron chi connectivity index (χ4n) is 1.09. The molecule has 1 aromatic carbocycles. The zero-order valence-corrected chi connectivity index (χ0v) is 9.24. The number of hydrogen-bond donors (Lipinski definition) is 0. The maximum absolute atomic E-state index is 2.38. The molecule has 0 saturated heterocycles. The molecule has 0 aliphatic carbocycles. The topological polar surface area (TPSA) is 0 Å². The van der Waals surface area contributed by atoms with Gasteiger partial charge in [0.2, 0.25) is 0 Å². The van der Waals surface area contributed by atoms with E-state index in [1.54, 1.807) is 0 Å². The Morgan fingerprint density at radius 1 is 1.17 bits per heavy atom. The Labute approximate surface area is 77.1 Å². The van der Waals surface area contributed by atoms with Gasteiger partial charge in [0.05, 0.1) is 9.52 Å². The fraction of sp³-hybridized carbons (Fsp3) is 0.273. The molecule has 0 aliphatic heterocycles. The van der Waals surface area contributed by atoms with Crippen LogP contribution in [-0.4, -0.2) is 9.52 Å². The van der Waals surface area contributed by atoms with Crippen LogP contribution >= 0.6 is 0 Å². The second-order valence-electron chi connectivity index (χ2n) is 3.36. The van der Waals surface area contributed by atoms with E-state index in [9.17, 15) is 0 Å². The first kappa shape index (κ1) is 9.27. The van der Waals surface area contributed by atoms with E-state index in [0.29, 0.717) is 5.92 Å². The lowest BCUT2D eigenvalue weighted by Crippen LogP contribution is -2.10. The molecule has 0 unspecified atom stereocenters. The standard InChI is InChI=1S/C11H16Si/c1-10(2)8-9-12-11-6-4-3-5-7-11/h3-10H,12H2,1-2H3/b9-8+. The average Bonchev–Trinajstić information content (AvgIpc) is 2.05. The summed E-state index contributed by atoms with van der Waals surface area (Å²) >= 11 is 0. The maximum atomic E-state index is 2.38. The normalized spacial score (nSPS) is 12.2. The summed E-state index contributed by atoms with van der Waals surface area (Å²) in [6, 6.07) is 10.7. The molecule has 0 aromatic heterocycles. The van der Waals surface area contributed by atoms with Crippen LogP contribution in [0, 0.1) is 5.92 Å². The Morgan fingerprint density at radius 3 is 2.42 bits per heavy atom. The van der Waals surface area contributed by atoms with Crippen LogP contribution in [0.2, 0.25) is 0 Å². The van der Waals surface area contributed by atoms with Crippen molar-refractivity contribution in [2.24, 2.45) is 5.92 Å². The molecule has 1 aromatic rings. The van der Waals surface area contributed by atoms with E-state index in [4.69, 9.17) is 0 Å². The van der Waals surface area contributed by atoms with Gasteiger partial charge in [-0.1, -0.05) is 61.1 Å². The first-order valence-electron chi connectivity index (χ1n) is 4.49. The minimum absolute atomic E-state index is 0.135. The number of benzene rings is 1. The number of hydrogen-bond acceptors (Lipinski definition) is 0. The molecule has 0 N–H and O–H groups in total. The molecule has 1 heteroatoms. The lowest BCUT2D eigenvalue weighted by atomic mass is 10.2. The largest absolute Gasteiger partial charge is 0.0998 e. The van der Waals surface area contributed by atoms with Crippen LogP contribution < -0.4 is 5.19 Å². The van der Waals surface area contributed by atoms with Gasteiger partial charge in [0.1, 0.15) is 0 Å². The van der Waals surface area contributed by atoms with E-state index >= 15 is 0 Å². The van der Waals surface area contributed by atoms with Gasteiger partial charge >= 0.3 is 0 Å². The van der Waals surface area contributed by atoms with Crippen molar-refractivity contribution in [2.45, 2.75) is 13.8 Å². The summed E-state index contributed by atoms with van der Waals surface area (Å²) < 4.78 is 0. The lowest BCUT2D eigenvalue weighted by Gasteiger charge is -1.95. The van der Waals surface area contributed by atoms with Crippen molar-refractivity contribution in [1.29, 1.82) is 0 Å². The first-order chi connectivity index (χ1) is 5.79. The summed E-state index contributed by atoms with van der Waals surface area (Å²) in [6.45, 7) is 4.44. The monoisotopic (exact) mass is 176 g/mol. The molecule has 12 heavy (non-hydrogen) atoms. The van der Waals surface area contributed by atoms with Crippen molar-refractivity contribution in [3.63, 3.8) is 0 Å². The predicted molar refractivity (Wildman–Crippen MR) is 58.6 cm³/mol. The third-order valence-electron chi connectivity index (χ3n) is 1.72. The maximum Gasteiger partial charge on any atom is 0.0779 e. The molecule has 0 atom stereocenters. The molecule has 0 nitrogen and oxygen atoms in total. The minimum atomic E-state index is -0.135. The van der Waals surface area contributed by atoms with E-state index in [2.05, 4.69) is 56.0 Å². The van der Waals surface area contributed by atoms with Crippen molar-refractivity contribution < 1.29 is 0 Å². The molecule has 0 saturated carbocycles. The highest BCUT2D eigenvalue weighted by Gasteiger charge is 1.87. The van der Waals surface area contributed by atoms with Gasteiger partial charge in [-0.2, -0.15) is 0 Å². The minimum Gasteiger partial charge on any atom is -0.0998 e. The highest BCUT2D eigenvalue weighted by Crippen LogP contribution is 1.92. The van der Waals surface area contributed by atoms with Crippen molar-refractivity contribution in [3.8, 4) is 0 Å². The molecule has 0 aliphatic rings. The van der Waals surface area contributed by atoms with Gasteiger partial charge in [0.15, 0.2) is 0 Å². The number of rotatable bonds is 3. The Kier molecular flexibility index (Phi) is 3.81. The van der Waals surface area contributed by atoms with Gasteiger partial charge in [-0.3, -0.25) is 0 Å². The van der Waals surface area contributed by atoms with Gasteiger partial charge in [-0.15, -0.1) is 0 Å². The molecule has 0 bridgehead atoms. The Hall–Kier alpha value is -0.823. The van der Waals surface area contributed by atoms with Crippen LogP contribution in [0.15, 0.2) is 42.1 Å². The van der Waals surface area contributed by atoms with Gasteiger partial charge in [-0.05, 0) is 5.92 Å². The van der Waals surface area contributed by atoms with Gasteiger partial charge in [0, 0.05) is 0 Å². The molecule has 0 spiro atoms. The summed E-state index contributed by atoms with van der Waals surface area (Å²) in [5.41, 5.74) is 2.38. The Balaban J connectivity index is 2.43. The van der Waals surface area contributed by atoms with Gasteiger partial charge in [-0.25, -0.2) is 0 Å². The van der Waals surface area contributed by atoms with Crippen LogP contribution in [-0.2, 0) is 0 Å². The number of allylic oxidation sites excluding steroid dienone is 1. The summed E-state index contributed by atoms with van der Waals surface area (Å²) in [5, 5.41) is 1.52. The average molecular weight is 176 g/mol. The van der Waals surface area contributed by atoms with E-state index in [-0.39, 0.29) is 9.52 Å². The summed E-state index contributed by atoms with van der Waals surface area (Å²) in [7, 11) is -0.135. The second kappa shape index (κ2) is 4.94. The molecule has 0 amide bonds. The first-order valence-corrected chi connectivity index (χ1v) is 6.02. The smallest absolute Gasteiger partial charge is 0.0779 e. The van der Waals surface area contributed by atoms with Crippen LogP contribution in [0.5, 0.6) is 0 Å². The lowest BCUT2D eigenvalue weighted by molar-refractivity contribution is 0.833. The molecule has 1 rings (SSSR count). The summed E-state index contributed by atoms with van der Waals surface area (Å²) in [5.74, 6) is 0.696. The molecule has 64 valence electrons. The molecule has 0 radical (unpaired) electrons. The van der Waals surface area contributed by atoms with Crippen LogP contribution in [0.3, 0.4) is 0 Å². The quantitative estimate of drug-likeness (QED) is 0.614. The molecular weight excluding hydrogens is 160 g/mol. The molecular formula is C11H16Si. The molecule has 0 fully saturated rings. The van der Waals surface area contributed by atoms with Crippen molar-refractivity contribution in [2.75, 3.05) is 0 Å². The van der Waals surface area contributed by atoms with Crippen LogP contribution in [0.25, 0.3) is 0 Å². The SMILES string of the molecule is CC(C)/C=C/[SiH2]c1ccccc1. The summed E-state index contributed by atoms with van der Waals surface area (Å²) in [6.07, 6.45) is 2.30. The Morgan fingerprint density at radius 2 is 1.83 bits per heavy atom. The highest BCUT2D eigenvalue weighted by atomic mass is 28.2. The van der Waals surface area contributed by atoms with E-state index in [0.717, 1.165) is 0 Å². The van der Waals surface area contributed by atoms with Crippen LogP contribution in [0.4, 0.5) is 0 Å². The zero-order chi connectivity index (χ0) is 8.81. The van der Waals surface area contributed by atoms with Gasteiger partial charge < -0.3 is 0 Å². The second-order valence-corrected chi connectivity index (χ2v) is 5.06. The molecule has 0 heterocycles. The van der Waals surface area contributed by atoms with Gasteiger partial charge in [0.25, 0.3) is 0 Å². The van der Waals surface area contributed by atoms with E-state index < -0.39 is 0 Å². The van der Waals surface area contributed by atoms with E-state index in [1.807, 2.05) is 0 Å². The summed E-state index contributed by atoms with van der Waals surface area (Å²) in [4.78, 5) is 0. The third kappa shape index (κ3) is 3.53. The fourth-order valence-corrected chi connectivity index (χ4v) is 2.59. The van der Waals surface area contributed by atoms with Crippen molar-refractivity contribution in [1.82, 2.24) is 0 Å².